The van der Waals surface area contributed by atoms with E-state index < -0.39 is 6.43 Å². The Bertz CT molecular complexity index is 1120. The highest BCUT2D eigenvalue weighted by atomic mass is 19.3. The topological polar surface area (TPSA) is 39.1 Å². The van der Waals surface area contributed by atoms with Crippen molar-refractivity contribution in [3.05, 3.63) is 48.3 Å². The Morgan fingerprint density at radius 3 is 2.81 bits per heavy atom. The van der Waals surface area contributed by atoms with E-state index in [1.807, 2.05) is 36.7 Å². The normalized spacial score (nSPS) is 11.9. The van der Waals surface area contributed by atoms with Gasteiger partial charge in [0.05, 0.1) is 12.1 Å². The number of fused-ring (bicyclic) bond motifs is 4. The van der Waals surface area contributed by atoms with Crippen LogP contribution in [-0.2, 0) is 7.05 Å². The fourth-order valence-corrected chi connectivity index (χ4v) is 3.74. The molecule has 0 bridgehead atoms. The maximum atomic E-state index is 12.1. The average molecular weight is 369 g/mol. The van der Waals surface area contributed by atoms with Gasteiger partial charge in [-0.05, 0) is 48.2 Å². The van der Waals surface area contributed by atoms with E-state index in [4.69, 9.17) is 4.74 Å². The van der Waals surface area contributed by atoms with Crippen LogP contribution in [0.15, 0.2) is 42.7 Å². The van der Waals surface area contributed by atoms with E-state index in [9.17, 15) is 8.78 Å². The minimum absolute atomic E-state index is 0.313. The number of rotatable bonds is 6. The molecule has 0 spiro atoms. The van der Waals surface area contributed by atoms with Crippen LogP contribution in [0, 0.1) is 6.92 Å². The molecule has 0 amide bonds. The highest BCUT2D eigenvalue weighted by Gasteiger charge is 2.14. The lowest BCUT2D eigenvalue weighted by molar-refractivity contribution is 0.144. The fourth-order valence-electron chi connectivity index (χ4n) is 3.74. The lowest BCUT2D eigenvalue weighted by Crippen LogP contribution is -2.26. The second-order valence-electron chi connectivity index (χ2n) is 6.68. The van der Waals surface area contributed by atoms with E-state index >= 15 is 0 Å². The zero-order chi connectivity index (χ0) is 19.0. The van der Waals surface area contributed by atoms with Gasteiger partial charge in [-0.3, -0.25) is 4.98 Å². The molecule has 0 saturated heterocycles. The number of aromatic nitrogens is 2. The van der Waals surface area contributed by atoms with E-state index in [2.05, 4.69) is 34.9 Å². The Kier molecular flexibility index (Phi) is 4.66. The highest BCUT2D eigenvalue weighted by molar-refractivity contribution is 6.14. The van der Waals surface area contributed by atoms with Crippen LogP contribution in [0.5, 0.6) is 5.75 Å². The summed E-state index contributed by atoms with van der Waals surface area (Å²) in [4.78, 5) is 4.24. The first-order valence-corrected chi connectivity index (χ1v) is 8.93. The van der Waals surface area contributed by atoms with Gasteiger partial charge in [-0.15, -0.1) is 0 Å². The molecule has 4 rings (SSSR count). The average Bonchev–Trinajstić information content (AvgIpc) is 2.93. The first kappa shape index (κ1) is 17.7. The van der Waals surface area contributed by atoms with Crippen LogP contribution in [-0.4, -0.2) is 35.7 Å². The summed E-state index contributed by atoms with van der Waals surface area (Å²) in [6, 6.07) is 10.2. The Labute approximate surface area is 155 Å². The number of ether oxygens (including phenoxy) is 1. The molecular formula is C21H21F2N3O. The van der Waals surface area contributed by atoms with Crippen molar-refractivity contribution < 1.29 is 13.5 Å². The van der Waals surface area contributed by atoms with E-state index in [0.717, 1.165) is 27.4 Å². The van der Waals surface area contributed by atoms with Crippen LogP contribution >= 0.6 is 0 Å². The number of halogens is 2. The quantitative estimate of drug-likeness (QED) is 0.511. The summed E-state index contributed by atoms with van der Waals surface area (Å²) in [5.74, 6) is 0.734. The molecule has 4 aromatic rings. The summed E-state index contributed by atoms with van der Waals surface area (Å²) in [6.45, 7) is 2.55. The molecule has 2 heterocycles. The number of alkyl halides is 2. The molecule has 6 heteroatoms. The van der Waals surface area contributed by atoms with Crippen LogP contribution in [0.1, 0.15) is 5.56 Å². The molecule has 0 fully saturated rings. The summed E-state index contributed by atoms with van der Waals surface area (Å²) in [5.41, 5.74) is 3.54. The van der Waals surface area contributed by atoms with Gasteiger partial charge >= 0.3 is 0 Å². The molecular weight excluding hydrogens is 348 g/mol. The summed E-state index contributed by atoms with van der Waals surface area (Å²) in [7, 11) is 2.07. The van der Waals surface area contributed by atoms with Gasteiger partial charge in [0.1, 0.15) is 12.4 Å². The molecule has 0 aliphatic heterocycles. The summed E-state index contributed by atoms with van der Waals surface area (Å²) in [5, 5.41) is 7.24. The van der Waals surface area contributed by atoms with Gasteiger partial charge in [0, 0.05) is 47.7 Å². The molecule has 2 aromatic carbocycles. The largest absolute Gasteiger partial charge is 0.492 e. The van der Waals surface area contributed by atoms with Crippen molar-refractivity contribution in [3.63, 3.8) is 0 Å². The van der Waals surface area contributed by atoms with Gasteiger partial charge in [0.25, 0.3) is 6.43 Å². The Morgan fingerprint density at radius 1 is 1.15 bits per heavy atom. The van der Waals surface area contributed by atoms with Gasteiger partial charge in [-0.25, -0.2) is 8.78 Å². The van der Waals surface area contributed by atoms with Gasteiger partial charge in [0.15, 0.2) is 0 Å². The van der Waals surface area contributed by atoms with Crippen LogP contribution in [0.25, 0.3) is 32.6 Å². The van der Waals surface area contributed by atoms with E-state index in [1.54, 1.807) is 0 Å². The molecule has 0 aliphatic rings. The lowest BCUT2D eigenvalue weighted by Gasteiger charge is -2.07. The van der Waals surface area contributed by atoms with Crippen LogP contribution in [0.3, 0.4) is 0 Å². The molecule has 140 valence electrons. The first-order valence-electron chi connectivity index (χ1n) is 8.93. The number of pyridine rings is 1. The predicted octanol–water partition coefficient (Wildman–Crippen LogP) is 4.42. The molecule has 27 heavy (non-hydrogen) atoms. The van der Waals surface area contributed by atoms with Gasteiger partial charge in [-0.1, -0.05) is 0 Å². The summed E-state index contributed by atoms with van der Waals surface area (Å²) >= 11 is 0. The van der Waals surface area contributed by atoms with Gasteiger partial charge < -0.3 is 14.6 Å². The fraction of sp³-hybridized carbons (Fsp3) is 0.286. The standard InChI is InChI=1S/C21H21F2N3O/c1-13-16-5-6-24-11-14(16)9-18-17-10-15(27-8-7-25-12-20(22)23)3-4-19(17)26(2)21(13)18/h3-6,9-11,20,25H,7-8,12H2,1-2H3. The third-order valence-electron chi connectivity index (χ3n) is 4.97. The number of nitrogens with one attached hydrogen (secondary N) is 1. The number of hydrogen-bond donors (Lipinski definition) is 1. The molecule has 0 radical (unpaired) electrons. The Balaban J connectivity index is 1.71. The molecule has 4 nitrogen and oxygen atoms in total. The van der Waals surface area contributed by atoms with Crippen LogP contribution in [0.4, 0.5) is 8.78 Å². The molecule has 1 N–H and O–H groups in total. The summed E-state index contributed by atoms with van der Waals surface area (Å²) in [6.07, 6.45) is 1.36. The SMILES string of the molecule is Cc1c2ccncc2cc2c3cc(OCCNCC(F)F)ccc3n(C)c12. The van der Waals surface area contributed by atoms with Crippen molar-refractivity contribution in [1.82, 2.24) is 14.9 Å². The second kappa shape index (κ2) is 7.12. The number of nitrogens with zero attached hydrogens (tertiary/aromatic N) is 2. The van der Waals surface area contributed by atoms with Crippen molar-refractivity contribution in [2.24, 2.45) is 7.05 Å². The lowest BCUT2D eigenvalue weighted by atomic mass is 10.0. The maximum Gasteiger partial charge on any atom is 0.250 e. The first-order chi connectivity index (χ1) is 13.1. The van der Waals surface area contributed by atoms with E-state index in [0.29, 0.717) is 13.2 Å². The zero-order valence-electron chi connectivity index (χ0n) is 15.3. The maximum absolute atomic E-state index is 12.1. The van der Waals surface area contributed by atoms with Crippen molar-refractivity contribution in [3.8, 4) is 5.75 Å². The third-order valence-corrected chi connectivity index (χ3v) is 4.97. The van der Waals surface area contributed by atoms with E-state index in [1.165, 1.54) is 16.5 Å². The number of aryl methyl sites for hydroxylation is 2. The van der Waals surface area contributed by atoms with Crippen molar-refractivity contribution >= 4 is 32.6 Å². The molecule has 0 aliphatic carbocycles. The minimum Gasteiger partial charge on any atom is -0.492 e. The third kappa shape index (κ3) is 3.21. The number of hydrogen-bond acceptors (Lipinski definition) is 3. The summed E-state index contributed by atoms with van der Waals surface area (Å²) < 4.78 is 32.2. The minimum atomic E-state index is -2.34. The molecule has 0 saturated carbocycles. The van der Waals surface area contributed by atoms with Crippen molar-refractivity contribution in [1.29, 1.82) is 0 Å². The molecule has 0 atom stereocenters. The molecule has 2 aromatic heterocycles. The zero-order valence-corrected chi connectivity index (χ0v) is 15.3. The second-order valence-corrected chi connectivity index (χ2v) is 6.68. The van der Waals surface area contributed by atoms with Gasteiger partial charge in [0.2, 0.25) is 0 Å². The van der Waals surface area contributed by atoms with Crippen LogP contribution in [0.2, 0.25) is 0 Å². The van der Waals surface area contributed by atoms with Gasteiger partial charge in [-0.2, -0.15) is 0 Å². The monoisotopic (exact) mass is 369 g/mol. The van der Waals surface area contributed by atoms with Crippen molar-refractivity contribution in [2.75, 3.05) is 19.7 Å². The molecule has 0 unspecified atom stereocenters. The van der Waals surface area contributed by atoms with Crippen molar-refractivity contribution in [2.45, 2.75) is 13.3 Å². The highest BCUT2D eigenvalue weighted by Crippen LogP contribution is 2.36. The smallest absolute Gasteiger partial charge is 0.250 e. The Hall–Kier alpha value is -2.73. The van der Waals surface area contributed by atoms with Crippen LogP contribution < -0.4 is 10.1 Å². The Morgan fingerprint density at radius 2 is 2.00 bits per heavy atom. The van der Waals surface area contributed by atoms with E-state index in [-0.39, 0.29) is 6.54 Å². The predicted molar refractivity (Wildman–Crippen MR) is 105 cm³/mol. The number of benzene rings is 2.